The minimum absolute atomic E-state index is 0.0931. The molecular weight excluding hydrogens is 412 g/mol. The van der Waals surface area contributed by atoms with Gasteiger partial charge in [0.05, 0.1) is 27.9 Å². The number of aromatic nitrogens is 1. The predicted octanol–water partition coefficient (Wildman–Crippen LogP) is 2.16. The van der Waals surface area contributed by atoms with E-state index in [1.165, 1.54) is 6.08 Å². The van der Waals surface area contributed by atoms with Crippen molar-refractivity contribution in [2.24, 2.45) is 0 Å². The van der Waals surface area contributed by atoms with Gasteiger partial charge in [0.15, 0.2) is 11.5 Å². The van der Waals surface area contributed by atoms with E-state index >= 15 is 0 Å². The second kappa shape index (κ2) is 10.1. The van der Waals surface area contributed by atoms with Crippen LogP contribution in [0.4, 0.5) is 5.82 Å². The molecule has 0 fully saturated rings. The number of nitrogens with one attached hydrogen (secondary N) is 1. The van der Waals surface area contributed by atoms with Crippen molar-refractivity contribution in [2.75, 3.05) is 47.3 Å². The van der Waals surface area contributed by atoms with Crippen molar-refractivity contribution in [2.45, 2.75) is 13.1 Å². The quantitative estimate of drug-likeness (QED) is 0.660. The summed E-state index contributed by atoms with van der Waals surface area (Å²) in [7, 11) is 8.27. The summed E-state index contributed by atoms with van der Waals surface area (Å²) < 4.78 is 16.1. The Morgan fingerprint density at radius 1 is 1.12 bits per heavy atom. The van der Waals surface area contributed by atoms with Crippen molar-refractivity contribution in [3.8, 4) is 17.2 Å². The standard InChI is InChI=1S/C23H28N4O5/c1-26-12-17-8-15(11-24-23(17)25-21(28)14-26)6-7-22(29)27(2)13-16-9-19(31-4)20(32-5)10-18(16)30-3/h6-11H,12-14H2,1-5H3,(H,24,25,28)/b7-6+. The molecule has 170 valence electrons. The lowest BCUT2D eigenvalue weighted by atomic mass is 10.1. The van der Waals surface area contributed by atoms with E-state index in [1.54, 1.807) is 57.7 Å². The molecule has 1 N–H and O–H groups in total. The maximum Gasteiger partial charge on any atom is 0.246 e. The highest BCUT2D eigenvalue weighted by atomic mass is 16.5. The van der Waals surface area contributed by atoms with Gasteiger partial charge in [-0.25, -0.2) is 4.98 Å². The average Bonchev–Trinajstić information content (AvgIpc) is 2.92. The molecule has 2 amide bonds. The highest BCUT2D eigenvalue weighted by Gasteiger charge is 2.18. The molecule has 9 nitrogen and oxygen atoms in total. The minimum atomic E-state index is -0.179. The van der Waals surface area contributed by atoms with Crippen molar-refractivity contribution in [3.05, 3.63) is 47.2 Å². The van der Waals surface area contributed by atoms with Crippen molar-refractivity contribution in [1.29, 1.82) is 0 Å². The number of methoxy groups -OCH3 is 3. The highest BCUT2D eigenvalue weighted by molar-refractivity contribution is 5.93. The number of carbonyl (C=O) groups is 2. The first-order valence-electron chi connectivity index (χ1n) is 10.0. The fraction of sp³-hybridized carbons (Fsp3) is 0.348. The Hall–Kier alpha value is -3.59. The molecule has 3 rings (SSSR count). The Kier molecular flexibility index (Phi) is 7.32. The van der Waals surface area contributed by atoms with Gasteiger partial charge < -0.3 is 24.4 Å². The third-order valence-corrected chi connectivity index (χ3v) is 5.09. The number of hydrogen-bond donors (Lipinski definition) is 1. The van der Waals surface area contributed by atoms with E-state index in [9.17, 15) is 9.59 Å². The van der Waals surface area contributed by atoms with Gasteiger partial charge in [-0.2, -0.15) is 0 Å². The van der Waals surface area contributed by atoms with Crippen LogP contribution in [0, 0.1) is 0 Å². The third kappa shape index (κ3) is 5.36. The van der Waals surface area contributed by atoms with Gasteiger partial charge in [0, 0.05) is 49.6 Å². The first-order valence-corrected chi connectivity index (χ1v) is 10.0. The number of hydrogen-bond acceptors (Lipinski definition) is 7. The normalized spacial score (nSPS) is 13.8. The lowest BCUT2D eigenvalue weighted by molar-refractivity contribution is -0.125. The van der Waals surface area contributed by atoms with E-state index in [-0.39, 0.29) is 11.8 Å². The summed E-state index contributed by atoms with van der Waals surface area (Å²) in [6.07, 6.45) is 4.84. The number of benzene rings is 1. The van der Waals surface area contributed by atoms with Crippen molar-refractivity contribution >= 4 is 23.7 Å². The van der Waals surface area contributed by atoms with Crippen LogP contribution in [-0.2, 0) is 22.7 Å². The number of rotatable bonds is 7. The third-order valence-electron chi connectivity index (χ3n) is 5.09. The van der Waals surface area contributed by atoms with Crippen LogP contribution < -0.4 is 19.5 Å². The van der Waals surface area contributed by atoms with E-state index in [2.05, 4.69) is 10.3 Å². The van der Waals surface area contributed by atoms with E-state index in [4.69, 9.17) is 14.2 Å². The zero-order valence-electron chi connectivity index (χ0n) is 19.0. The number of pyridine rings is 1. The molecule has 32 heavy (non-hydrogen) atoms. The number of fused-ring (bicyclic) bond motifs is 1. The van der Waals surface area contributed by atoms with Crippen molar-refractivity contribution < 1.29 is 23.8 Å². The number of likely N-dealkylation sites (N-methyl/N-ethyl adjacent to an activating group) is 2. The second-order valence-corrected chi connectivity index (χ2v) is 7.54. The molecule has 2 heterocycles. The van der Waals surface area contributed by atoms with Crippen LogP contribution in [0.2, 0.25) is 0 Å². The van der Waals surface area contributed by atoms with Crippen LogP contribution in [0.1, 0.15) is 16.7 Å². The van der Waals surface area contributed by atoms with E-state index in [0.29, 0.717) is 42.7 Å². The summed E-state index contributed by atoms with van der Waals surface area (Å²) in [5, 5.41) is 2.80. The van der Waals surface area contributed by atoms with Gasteiger partial charge in [0.25, 0.3) is 0 Å². The molecule has 0 saturated carbocycles. The van der Waals surface area contributed by atoms with E-state index in [1.807, 2.05) is 18.0 Å². The number of amides is 2. The molecule has 1 aliphatic rings. The summed E-state index contributed by atoms with van der Waals surface area (Å²) in [5.74, 6) is 2.01. The molecule has 0 aliphatic carbocycles. The molecule has 9 heteroatoms. The average molecular weight is 441 g/mol. The summed E-state index contributed by atoms with van der Waals surface area (Å²) >= 11 is 0. The fourth-order valence-electron chi connectivity index (χ4n) is 3.46. The highest BCUT2D eigenvalue weighted by Crippen LogP contribution is 2.35. The Balaban J connectivity index is 1.73. The molecule has 0 unspecified atom stereocenters. The Bertz CT molecular complexity index is 1040. The van der Waals surface area contributed by atoms with Crippen LogP contribution in [-0.4, -0.2) is 68.6 Å². The molecule has 0 atom stereocenters. The zero-order chi connectivity index (χ0) is 23.3. The van der Waals surface area contributed by atoms with Crippen LogP contribution in [0.25, 0.3) is 6.08 Å². The molecule has 0 saturated heterocycles. The van der Waals surface area contributed by atoms with Gasteiger partial charge in [0.1, 0.15) is 11.6 Å². The molecule has 0 spiro atoms. The van der Waals surface area contributed by atoms with Gasteiger partial charge in [-0.1, -0.05) is 0 Å². The smallest absolute Gasteiger partial charge is 0.246 e. The SMILES string of the molecule is COc1cc(OC)c(OC)cc1CN(C)C(=O)/C=C/c1cnc2c(c1)CN(C)CC(=O)N2. The molecule has 1 aromatic carbocycles. The molecular formula is C23H28N4O5. The summed E-state index contributed by atoms with van der Waals surface area (Å²) in [6.45, 7) is 1.23. The number of ether oxygens (including phenoxy) is 3. The van der Waals surface area contributed by atoms with Gasteiger partial charge in [0.2, 0.25) is 11.8 Å². The van der Waals surface area contributed by atoms with E-state index in [0.717, 1.165) is 16.7 Å². The first-order chi connectivity index (χ1) is 15.3. The Morgan fingerprint density at radius 3 is 2.50 bits per heavy atom. The zero-order valence-corrected chi connectivity index (χ0v) is 19.0. The fourth-order valence-corrected chi connectivity index (χ4v) is 3.46. The molecule has 1 aromatic heterocycles. The molecule has 2 aromatic rings. The lowest BCUT2D eigenvalue weighted by Crippen LogP contribution is -2.26. The number of anilines is 1. The summed E-state index contributed by atoms with van der Waals surface area (Å²) in [6, 6.07) is 5.46. The van der Waals surface area contributed by atoms with Crippen LogP contribution >= 0.6 is 0 Å². The summed E-state index contributed by atoms with van der Waals surface area (Å²) in [4.78, 5) is 32.3. The largest absolute Gasteiger partial charge is 0.496 e. The Morgan fingerprint density at radius 2 is 1.81 bits per heavy atom. The number of nitrogens with zero attached hydrogens (tertiary/aromatic N) is 3. The molecule has 0 radical (unpaired) electrons. The topological polar surface area (TPSA) is 93.2 Å². The lowest BCUT2D eigenvalue weighted by Gasteiger charge is -2.19. The molecule has 1 aliphatic heterocycles. The summed E-state index contributed by atoms with van der Waals surface area (Å²) in [5.41, 5.74) is 2.47. The van der Waals surface area contributed by atoms with Gasteiger partial charge in [-0.3, -0.25) is 14.5 Å². The maximum atomic E-state index is 12.7. The van der Waals surface area contributed by atoms with Crippen molar-refractivity contribution in [1.82, 2.24) is 14.8 Å². The van der Waals surface area contributed by atoms with Crippen LogP contribution in [0.5, 0.6) is 17.2 Å². The molecule has 0 bridgehead atoms. The van der Waals surface area contributed by atoms with Crippen LogP contribution in [0.3, 0.4) is 0 Å². The Labute approximate surface area is 187 Å². The number of carbonyl (C=O) groups excluding carboxylic acids is 2. The van der Waals surface area contributed by atoms with Gasteiger partial charge >= 0.3 is 0 Å². The van der Waals surface area contributed by atoms with Crippen molar-refractivity contribution in [3.63, 3.8) is 0 Å². The van der Waals surface area contributed by atoms with Gasteiger partial charge in [-0.05, 0) is 30.8 Å². The predicted molar refractivity (Wildman–Crippen MR) is 121 cm³/mol. The minimum Gasteiger partial charge on any atom is -0.496 e. The monoisotopic (exact) mass is 440 g/mol. The van der Waals surface area contributed by atoms with Gasteiger partial charge in [-0.15, -0.1) is 0 Å². The second-order valence-electron chi connectivity index (χ2n) is 7.54. The van der Waals surface area contributed by atoms with E-state index < -0.39 is 0 Å². The maximum absolute atomic E-state index is 12.7. The van der Waals surface area contributed by atoms with Crippen LogP contribution in [0.15, 0.2) is 30.5 Å². The first kappa shape index (κ1) is 23.1.